The second kappa shape index (κ2) is 9.03. The Balaban J connectivity index is 1.65. The number of nitrogens with zero attached hydrogens (tertiary/aromatic N) is 2. The molecule has 9 heteroatoms. The molecule has 1 amide bonds. The number of para-hydroxylation sites is 1. The highest BCUT2D eigenvalue weighted by molar-refractivity contribution is 7.90. The fraction of sp³-hybridized carbons (Fsp3) is 0.0870. The monoisotopic (exact) mass is 449 g/mol. The van der Waals surface area contributed by atoms with E-state index in [1.54, 1.807) is 55.7 Å². The molecule has 2 heterocycles. The van der Waals surface area contributed by atoms with E-state index in [0.717, 1.165) is 0 Å². The van der Waals surface area contributed by atoms with Gasteiger partial charge in [-0.2, -0.15) is 0 Å². The first kappa shape index (κ1) is 21.3. The van der Waals surface area contributed by atoms with Crippen LogP contribution >= 0.6 is 0 Å². The molecule has 0 saturated heterocycles. The third-order valence-corrected chi connectivity index (χ3v) is 5.91. The third-order valence-electron chi connectivity index (χ3n) is 4.56. The van der Waals surface area contributed by atoms with Crippen LogP contribution in [0.15, 0.2) is 94.5 Å². The van der Waals surface area contributed by atoms with E-state index in [1.165, 1.54) is 18.2 Å². The first-order valence-electron chi connectivity index (χ1n) is 9.65. The highest BCUT2D eigenvalue weighted by atomic mass is 32.2. The fourth-order valence-corrected chi connectivity index (χ4v) is 4.01. The molecule has 1 N–H and O–H groups in total. The number of nitrogens with one attached hydrogen (secondary N) is 1. The van der Waals surface area contributed by atoms with Gasteiger partial charge in [0.2, 0.25) is 0 Å². The minimum absolute atomic E-state index is 0.0279. The van der Waals surface area contributed by atoms with Crippen molar-refractivity contribution in [3.8, 4) is 5.75 Å². The maximum atomic E-state index is 12.7. The van der Waals surface area contributed by atoms with Gasteiger partial charge in [-0.05, 0) is 43.3 Å². The summed E-state index contributed by atoms with van der Waals surface area (Å²) in [6.07, 6.45) is 2.40. The number of amides is 1. The van der Waals surface area contributed by atoms with E-state index in [2.05, 4.69) is 9.97 Å². The van der Waals surface area contributed by atoms with Gasteiger partial charge >= 0.3 is 5.91 Å². The van der Waals surface area contributed by atoms with Crippen LogP contribution in [0.25, 0.3) is 0 Å². The van der Waals surface area contributed by atoms with Crippen LogP contribution in [0.4, 0.5) is 0 Å². The van der Waals surface area contributed by atoms with E-state index >= 15 is 0 Å². The van der Waals surface area contributed by atoms with Gasteiger partial charge in [0.05, 0.1) is 4.90 Å². The zero-order chi connectivity index (χ0) is 22.6. The predicted octanol–water partition coefficient (Wildman–Crippen LogP) is 3.67. The van der Waals surface area contributed by atoms with Crippen LogP contribution < -0.4 is 9.46 Å². The number of carbonyl (C=O) groups is 1. The minimum atomic E-state index is -4.05. The molecule has 0 aliphatic rings. The summed E-state index contributed by atoms with van der Waals surface area (Å²) in [6.45, 7) is 1.65. The fourth-order valence-electron chi connectivity index (χ4n) is 3.04. The normalized spacial score (nSPS) is 12.2. The van der Waals surface area contributed by atoms with Crippen molar-refractivity contribution in [1.29, 1.82) is 0 Å². The van der Waals surface area contributed by atoms with E-state index in [4.69, 9.17) is 9.15 Å². The molecule has 0 spiro atoms. The molecular weight excluding hydrogens is 430 g/mol. The lowest BCUT2D eigenvalue weighted by atomic mass is 10.1. The van der Waals surface area contributed by atoms with Crippen LogP contribution in [0, 0.1) is 6.92 Å². The molecule has 0 aliphatic carbocycles. The molecular formula is C23H19N3O5S. The Hall–Kier alpha value is -3.98. The minimum Gasteiger partial charge on any atom is -0.478 e. The number of sulfonamides is 1. The highest BCUT2D eigenvalue weighted by Crippen LogP contribution is 2.30. The van der Waals surface area contributed by atoms with E-state index in [-0.39, 0.29) is 10.7 Å². The van der Waals surface area contributed by atoms with Crippen molar-refractivity contribution in [2.24, 2.45) is 0 Å². The molecule has 162 valence electrons. The Labute approximate surface area is 185 Å². The topological polar surface area (TPSA) is 111 Å². The van der Waals surface area contributed by atoms with Gasteiger partial charge in [0.1, 0.15) is 11.5 Å². The Morgan fingerprint density at radius 1 is 0.969 bits per heavy atom. The van der Waals surface area contributed by atoms with E-state index in [1.807, 2.05) is 22.9 Å². The maximum Gasteiger partial charge on any atom is 0.300 e. The Morgan fingerprint density at radius 2 is 1.59 bits per heavy atom. The van der Waals surface area contributed by atoms with Crippen LogP contribution in [-0.2, 0) is 10.0 Å². The number of rotatable bonds is 7. The van der Waals surface area contributed by atoms with Gasteiger partial charge in [0, 0.05) is 18.0 Å². The molecule has 1 unspecified atom stereocenters. The SMILES string of the molecule is Cc1oc(C(=O)NS(=O)(=O)c2ccccc2)cc1C(Oc1ccccc1)c1ncccn1. The summed E-state index contributed by atoms with van der Waals surface area (Å²) >= 11 is 0. The lowest BCUT2D eigenvalue weighted by molar-refractivity contribution is 0.0953. The zero-order valence-corrected chi connectivity index (χ0v) is 17.8. The molecule has 0 fully saturated rings. The van der Waals surface area contributed by atoms with E-state index in [0.29, 0.717) is 22.9 Å². The second-order valence-electron chi connectivity index (χ2n) is 6.79. The average Bonchev–Trinajstić information content (AvgIpc) is 3.20. The Kier molecular flexibility index (Phi) is 6.00. The highest BCUT2D eigenvalue weighted by Gasteiger charge is 2.28. The molecule has 0 radical (unpaired) electrons. The molecule has 4 aromatic rings. The van der Waals surface area contributed by atoms with Crippen LogP contribution in [0.2, 0.25) is 0 Å². The van der Waals surface area contributed by atoms with Gasteiger partial charge in [0.15, 0.2) is 17.7 Å². The summed E-state index contributed by atoms with van der Waals surface area (Å²) in [5, 5.41) is 0. The quantitative estimate of drug-likeness (QED) is 0.458. The largest absolute Gasteiger partial charge is 0.478 e. The summed E-state index contributed by atoms with van der Waals surface area (Å²) in [5.74, 6) is 0.248. The summed E-state index contributed by atoms with van der Waals surface area (Å²) < 4.78 is 38.7. The lowest BCUT2D eigenvalue weighted by Gasteiger charge is -2.17. The van der Waals surface area contributed by atoms with Gasteiger partial charge in [-0.15, -0.1) is 0 Å². The molecule has 1 atom stereocenters. The van der Waals surface area contributed by atoms with Gasteiger partial charge < -0.3 is 9.15 Å². The number of aryl methyl sites for hydroxylation is 1. The van der Waals surface area contributed by atoms with Gasteiger partial charge in [0.25, 0.3) is 10.0 Å². The summed E-state index contributed by atoms with van der Waals surface area (Å²) in [4.78, 5) is 21.2. The van der Waals surface area contributed by atoms with Crippen LogP contribution in [0.5, 0.6) is 5.75 Å². The van der Waals surface area contributed by atoms with Crippen molar-refractivity contribution in [2.75, 3.05) is 0 Å². The van der Waals surface area contributed by atoms with Crippen molar-refractivity contribution in [3.63, 3.8) is 0 Å². The van der Waals surface area contributed by atoms with Gasteiger partial charge in [-0.25, -0.2) is 23.1 Å². The van der Waals surface area contributed by atoms with Crippen LogP contribution in [-0.4, -0.2) is 24.3 Å². The molecule has 0 bridgehead atoms. The maximum absolute atomic E-state index is 12.7. The Bertz CT molecular complexity index is 1310. The number of hydrogen-bond donors (Lipinski definition) is 1. The van der Waals surface area contributed by atoms with E-state index < -0.39 is 22.0 Å². The van der Waals surface area contributed by atoms with Crippen molar-refractivity contribution in [2.45, 2.75) is 17.9 Å². The zero-order valence-electron chi connectivity index (χ0n) is 17.0. The number of furan rings is 1. The van der Waals surface area contributed by atoms with Crippen molar-refractivity contribution < 1.29 is 22.4 Å². The van der Waals surface area contributed by atoms with Gasteiger partial charge in [-0.1, -0.05) is 36.4 Å². The summed E-state index contributed by atoms with van der Waals surface area (Å²) in [6, 6.07) is 19.8. The molecule has 4 rings (SSSR count). The third kappa shape index (κ3) is 4.68. The number of ether oxygens (including phenoxy) is 1. The second-order valence-corrected chi connectivity index (χ2v) is 8.47. The van der Waals surface area contributed by atoms with Crippen molar-refractivity contribution >= 4 is 15.9 Å². The van der Waals surface area contributed by atoms with Crippen molar-refractivity contribution in [3.05, 3.63) is 108 Å². The molecule has 0 saturated carbocycles. The predicted molar refractivity (Wildman–Crippen MR) is 115 cm³/mol. The van der Waals surface area contributed by atoms with Crippen LogP contribution in [0.3, 0.4) is 0 Å². The van der Waals surface area contributed by atoms with Crippen LogP contribution in [0.1, 0.15) is 33.8 Å². The number of benzene rings is 2. The molecule has 0 aliphatic heterocycles. The molecule has 2 aromatic heterocycles. The number of aromatic nitrogens is 2. The molecule has 2 aromatic carbocycles. The Morgan fingerprint density at radius 3 is 2.25 bits per heavy atom. The standard InChI is InChI=1S/C23H19N3O5S/c1-16-19(21(22-24-13-8-14-25-22)31-17-9-4-2-5-10-17)15-20(30-16)23(27)26-32(28,29)18-11-6-3-7-12-18/h2-15,21H,1H3,(H,26,27). The first-order valence-corrected chi connectivity index (χ1v) is 11.1. The van der Waals surface area contributed by atoms with E-state index in [9.17, 15) is 13.2 Å². The summed E-state index contributed by atoms with van der Waals surface area (Å²) in [7, 11) is -4.05. The lowest BCUT2D eigenvalue weighted by Crippen LogP contribution is -2.30. The molecule has 32 heavy (non-hydrogen) atoms. The van der Waals surface area contributed by atoms with Crippen molar-refractivity contribution in [1.82, 2.24) is 14.7 Å². The summed E-state index contributed by atoms with van der Waals surface area (Å²) in [5.41, 5.74) is 0.502. The average molecular weight is 449 g/mol. The number of hydrogen-bond acceptors (Lipinski definition) is 7. The van der Waals surface area contributed by atoms with Gasteiger partial charge in [-0.3, -0.25) is 4.79 Å². The first-order chi connectivity index (χ1) is 15.4. The smallest absolute Gasteiger partial charge is 0.300 e. The molecule has 8 nitrogen and oxygen atoms in total. The number of carbonyl (C=O) groups excluding carboxylic acids is 1.